The zero-order valence-corrected chi connectivity index (χ0v) is 18.0. The lowest BCUT2D eigenvalue weighted by atomic mass is 10.1. The molecule has 1 N–H and O–H groups in total. The van der Waals surface area contributed by atoms with Crippen LogP contribution in [0.25, 0.3) is 0 Å². The van der Waals surface area contributed by atoms with Crippen LogP contribution in [-0.4, -0.2) is 53.7 Å². The second-order valence-electron chi connectivity index (χ2n) is 7.20. The number of nitrogens with zero attached hydrogens (tertiary/aromatic N) is 2. The lowest BCUT2D eigenvalue weighted by molar-refractivity contribution is -0.152. The van der Waals surface area contributed by atoms with E-state index >= 15 is 0 Å². The average Bonchev–Trinajstić information content (AvgIpc) is 2.68. The lowest BCUT2D eigenvalue weighted by Gasteiger charge is -2.36. The highest BCUT2D eigenvalue weighted by molar-refractivity contribution is 14.1. The van der Waals surface area contributed by atoms with Gasteiger partial charge >= 0.3 is 5.97 Å². The molecular weight excluding hydrogens is 471 g/mol. The van der Waals surface area contributed by atoms with Crippen LogP contribution in [0, 0.1) is 3.57 Å². The van der Waals surface area contributed by atoms with Crippen LogP contribution in [-0.2, 0) is 4.79 Å². The Morgan fingerprint density at radius 2 is 1.68 bits per heavy atom. The number of benzene rings is 2. The van der Waals surface area contributed by atoms with E-state index < -0.39 is 11.6 Å². The minimum atomic E-state index is -1.29. The van der Waals surface area contributed by atoms with Crippen molar-refractivity contribution in [1.82, 2.24) is 4.90 Å². The third kappa shape index (κ3) is 4.76. The third-order valence-electron chi connectivity index (χ3n) is 4.73. The summed E-state index contributed by atoms with van der Waals surface area (Å²) in [7, 11) is 0. The second kappa shape index (κ2) is 8.38. The molecule has 7 heteroatoms. The first-order valence-corrected chi connectivity index (χ1v) is 10.2. The maximum Gasteiger partial charge on any atom is 0.347 e. The Labute approximate surface area is 178 Å². The van der Waals surface area contributed by atoms with Gasteiger partial charge in [-0.2, -0.15) is 0 Å². The van der Waals surface area contributed by atoms with E-state index in [0.29, 0.717) is 37.5 Å². The number of carboxylic acid groups (broad SMARTS) is 1. The molecule has 0 spiro atoms. The van der Waals surface area contributed by atoms with E-state index in [0.717, 1.165) is 9.26 Å². The van der Waals surface area contributed by atoms with Gasteiger partial charge in [0, 0.05) is 47.1 Å². The molecular formula is C21H23IN2O4. The fourth-order valence-corrected chi connectivity index (χ4v) is 3.38. The summed E-state index contributed by atoms with van der Waals surface area (Å²) in [6, 6.07) is 15.0. The molecule has 0 radical (unpaired) electrons. The molecule has 1 aliphatic heterocycles. The molecule has 1 saturated heterocycles. The molecule has 0 saturated carbocycles. The highest BCUT2D eigenvalue weighted by Crippen LogP contribution is 2.26. The maximum atomic E-state index is 12.7. The van der Waals surface area contributed by atoms with Crippen LogP contribution in [0.5, 0.6) is 5.75 Å². The predicted molar refractivity (Wildman–Crippen MR) is 116 cm³/mol. The fraction of sp³-hybridized carbons (Fsp3) is 0.333. The molecule has 28 heavy (non-hydrogen) atoms. The quantitative estimate of drug-likeness (QED) is 0.645. The molecule has 1 fully saturated rings. The number of amides is 1. The monoisotopic (exact) mass is 494 g/mol. The molecule has 1 amide bonds. The van der Waals surface area contributed by atoms with Crippen molar-refractivity contribution in [3.05, 3.63) is 57.7 Å². The van der Waals surface area contributed by atoms with Gasteiger partial charge in [-0.05, 0) is 72.8 Å². The fourth-order valence-electron chi connectivity index (χ4n) is 3.02. The third-order valence-corrected chi connectivity index (χ3v) is 5.45. The first kappa shape index (κ1) is 20.4. The molecule has 0 aromatic heterocycles. The molecule has 2 aromatic carbocycles. The summed E-state index contributed by atoms with van der Waals surface area (Å²) < 4.78 is 6.73. The van der Waals surface area contributed by atoms with Crippen molar-refractivity contribution in [2.75, 3.05) is 31.1 Å². The van der Waals surface area contributed by atoms with E-state index in [2.05, 4.69) is 27.5 Å². The van der Waals surface area contributed by atoms with Crippen LogP contribution in [0.15, 0.2) is 48.5 Å². The van der Waals surface area contributed by atoms with Crippen LogP contribution in [0.3, 0.4) is 0 Å². The van der Waals surface area contributed by atoms with Crippen LogP contribution in [0.2, 0.25) is 0 Å². The molecule has 1 heterocycles. The number of ether oxygens (including phenoxy) is 1. The van der Waals surface area contributed by atoms with Gasteiger partial charge < -0.3 is 19.6 Å². The number of carbonyl (C=O) groups is 2. The lowest BCUT2D eigenvalue weighted by Crippen LogP contribution is -2.48. The van der Waals surface area contributed by atoms with Crippen molar-refractivity contribution in [2.24, 2.45) is 0 Å². The van der Waals surface area contributed by atoms with Crippen LogP contribution in [0.4, 0.5) is 5.69 Å². The number of hydrogen-bond acceptors (Lipinski definition) is 4. The van der Waals surface area contributed by atoms with Gasteiger partial charge in [-0.15, -0.1) is 0 Å². The SMILES string of the molecule is CC(C)(Oc1cccc(N2CCN(C(=O)c3ccc(I)cc3)CC2)c1)C(=O)O. The first-order valence-electron chi connectivity index (χ1n) is 9.08. The van der Waals surface area contributed by atoms with Gasteiger partial charge in [0.2, 0.25) is 0 Å². The number of carboxylic acids is 1. The van der Waals surface area contributed by atoms with Crippen LogP contribution in [0.1, 0.15) is 24.2 Å². The Hall–Kier alpha value is -2.29. The van der Waals surface area contributed by atoms with E-state index in [1.165, 1.54) is 13.8 Å². The van der Waals surface area contributed by atoms with E-state index in [1.807, 2.05) is 47.4 Å². The molecule has 0 atom stereocenters. The smallest absolute Gasteiger partial charge is 0.347 e. The predicted octanol–water partition coefficient (Wildman–Crippen LogP) is 3.50. The molecule has 3 rings (SSSR count). The van der Waals surface area contributed by atoms with Crippen molar-refractivity contribution < 1.29 is 19.4 Å². The number of hydrogen-bond donors (Lipinski definition) is 1. The van der Waals surface area contributed by atoms with Gasteiger partial charge in [0.1, 0.15) is 5.75 Å². The topological polar surface area (TPSA) is 70.1 Å². The average molecular weight is 494 g/mol. The number of halogens is 1. The number of anilines is 1. The second-order valence-corrected chi connectivity index (χ2v) is 8.45. The zero-order chi connectivity index (χ0) is 20.3. The summed E-state index contributed by atoms with van der Waals surface area (Å²) in [5.41, 5.74) is 0.372. The summed E-state index contributed by atoms with van der Waals surface area (Å²) in [4.78, 5) is 28.0. The van der Waals surface area contributed by atoms with Gasteiger partial charge in [0.15, 0.2) is 5.60 Å². The summed E-state index contributed by atoms with van der Waals surface area (Å²) in [6.45, 7) is 5.74. The molecule has 0 bridgehead atoms. The Balaban J connectivity index is 1.63. The Morgan fingerprint density at radius 3 is 2.29 bits per heavy atom. The van der Waals surface area contributed by atoms with Gasteiger partial charge in [-0.3, -0.25) is 4.79 Å². The van der Waals surface area contributed by atoms with E-state index in [1.54, 1.807) is 6.07 Å². The van der Waals surface area contributed by atoms with Gasteiger partial charge in [0.25, 0.3) is 5.91 Å². The molecule has 1 aliphatic rings. The first-order chi connectivity index (χ1) is 13.3. The van der Waals surface area contributed by atoms with E-state index in [4.69, 9.17) is 4.74 Å². The van der Waals surface area contributed by atoms with Gasteiger partial charge in [0.05, 0.1) is 0 Å². The summed E-state index contributed by atoms with van der Waals surface area (Å²) in [6.07, 6.45) is 0. The summed E-state index contributed by atoms with van der Waals surface area (Å²) in [5.74, 6) is -0.445. The van der Waals surface area contributed by atoms with Crippen LogP contribution < -0.4 is 9.64 Å². The van der Waals surface area contributed by atoms with Gasteiger partial charge in [-0.25, -0.2) is 4.79 Å². The number of rotatable bonds is 5. The molecule has 0 unspecified atom stereocenters. The normalized spacial score (nSPS) is 14.7. The Kier molecular flexibility index (Phi) is 6.12. The summed E-state index contributed by atoms with van der Waals surface area (Å²) in [5, 5.41) is 9.24. The van der Waals surface area contributed by atoms with Crippen molar-refractivity contribution in [3.8, 4) is 5.75 Å². The van der Waals surface area contributed by atoms with E-state index in [-0.39, 0.29) is 5.91 Å². The molecule has 2 aromatic rings. The highest BCUT2D eigenvalue weighted by atomic mass is 127. The van der Waals surface area contributed by atoms with Gasteiger partial charge in [-0.1, -0.05) is 6.07 Å². The maximum absolute atomic E-state index is 12.7. The molecule has 0 aliphatic carbocycles. The van der Waals surface area contributed by atoms with Crippen molar-refractivity contribution in [3.63, 3.8) is 0 Å². The number of carbonyl (C=O) groups excluding carboxylic acids is 1. The largest absolute Gasteiger partial charge is 0.478 e. The Bertz CT molecular complexity index is 859. The zero-order valence-electron chi connectivity index (χ0n) is 15.9. The number of aliphatic carboxylic acids is 1. The highest BCUT2D eigenvalue weighted by Gasteiger charge is 2.29. The Morgan fingerprint density at radius 1 is 1.04 bits per heavy atom. The summed E-state index contributed by atoms with van der Waals surface area (Å²) >= 11 is 2.22. The van der Waals surface area contributed by atoms with Crippen molar-refractivity contribution >= 4 is 40.2 Å². The molecule has 148 valence electrons. The minimum Gasteiger partial charge on any atom is -0.478 e. The molecule has 6 nitrogen and oxygen atoms in total. The standard InChI is InChI=1S/C21H23IN2O4/c1-21(2,20(26)27)28-18-5-3-4-17(14-18)23-10-12-24(13-11-23)19(25)15-6-8-16(22)9-7-15/h3-9,14H,10-13H2,1-2H3,(H,26,27). The number of piperazine rings is 1. The minimum absolute atomic E-state index is 0.0522. The van der Waals surface area contributed by atoms with Crippen LogP contribution >= 0.6 is 22.6 Å². The van der Waals surface area contributed by atoms with Crippen molar-refractivity contribution in [1.29, 1.82) is 0 Å². The van der Waals surface area contributed by atoms with Crippen molar-refractivity contribution in [2.45, 2.75) is 19.4 Å². The van der Waals surface area contributed by atoms with E-state index in [9.17, 15) is 14.7 Å².